The Morgan fingerprint density at radius 2 is 2.11 bits per heavy atom. The summed E-state index contributed by atoms with van der Waals surface area (Å²) in [6, 6.07) is 10.9. The summed E-state index contributed by atoms with van der Waals surface area (Å²) in [7, 11) is 0. The molecule has 0 unspecified atom stereocenters. The predicted octanol–water partition coefficient (Wildman–Crippen LogP) is 4.28. The average molecular weight is 382 g/mol. The molecule has 138 valence electrons. The molecule has 2 amide bonds. The highest BCUT2D eigenvalue weighted by Crippen LogP contribution is 2.29. The number of hydrogen-bond donors (Lipinski definition) is 1. The van der Waals surface area contributed by atoms with Crippen LogP contribution in [0.2, 0.25) is 5.02 Å². The number of allylic oxidation sites excluding steroid dienone is 1. The Morgan fingerprint density at radius 1 is 1.30 bits per heavy atom. The number of nitrogens with one attached hydrogen (secondary N) is 1. The molecular formula is C21H20ClN3O2. The van der Waals surface area contributed by atoms with Gasteiger partial charge in [0.2, 0.25) is 5.91 Å². The fraction of sp³-hybridized carbons (Fsp3) is 0.190. The molecule has 1 aromatic carbocycles. The van der Waals surface area contributed by atoms with Crippen molar-refractivity contribution in [1.29, 1.82) is 0 Å². The lowest BCUT2D eigenvalue weighted by molar-refractivity contribution is -0.124. The van der Waals surface area contributed by atoms with Crippen LogP contribution in [-0.2, 0) is 9.59 Å². The van der Waals surface area contributed by atoms with Crippen molar-refractivity contribution in [2.24, 2.45) is 0 Å². The van der Waals surface area contributed by atoms with Gasteiger partial charge in [0.15, 0.2) is 0 Å². The summed E-state index contributed by atoms with van der Waals surface area (Å²) in [6.07, 6.45) is 6.41. The van der Waals surface area contributed by atoms with Gasteiger partial charge in [0.1, 0.15) is 0 Å². The number of halogens is 1. The van der Waals surface area contributed by atoms with E-state index in [9.17, 15) is 9.59 Å². The highest BCUT2D eigenvalue weighted by atomic mass is 35.5. The summed E-state index contributed by atoms with van der Waals surface area (Å²) in [5.74, 6) is -0.181. The molecule has 2 aromatic rings. The normalized spacial score (nSPS) is 15.4. The number of rotatable bonds is 6. The standard InChI is InChI=1S/C21H20ClN3O2/c1-15-12-17(13-16-6-2-3-8-19(16)22)21(27)25(15)11-5-9-20(26)24-18-7-4-10-23-14-18/h2-4,6-8,10,13-14H,1,5,9,11-12H2,(H,24,26)/b17-13+. The van der Waals surface area contributed by atoms with Crippen molar-refractivity contribution in [3.63, 3.8) is 0 Å². The molecule has 3 rings (SSSR count). The summed E-state index contributed by atoms with van der Waals surface area (Å²) < 4.78 is 0. The Bertz CT molecular complexity index is 893. The Morgan fingerprint density at radius 3 is 2.85 bits per heavy atom. The molecule has 1 fully saturated rings. The quantitative estimate of drug-likeness (QED) is 0.759. The van der Waals surface area contributed by atoms with Gasteiger partial charge in [0.25, 0.3) is 5.91 Å². The van der Waals surface area contributed by atoms with Crippen LogP contribution in [-0.4, -0.2) is 28.2 Å². The van der Waals surface area contributed by atoms with Crippen molar-refractivity contribution in [3.8, 4) is 0 Å². The van der Waals surface area contributed by atoms with Gasteiger partial charge < -0.3 is 10.2 Å². The van der Waals surface area contributed by atoms with Crippen molar-refractivity contribution in [3.05, 3.63) is 77.2 Å². The topological polar surface area (TPSA) is 62.3 Å². The first-order valence-electron chi connectivity index (χ1n) is 8.69. The zero-order valence-corrected chi connectivity index (χ0v) is 15.6. The van der Waals surface area contributed by atoms with E-state index in [1.807, 2.05) is 24.3 Å². The van der Waals surface area contributed by atoms with E-state index in [-0.39, 0.29) is 11.8 Å². The third-order valence-corrected chi connectivity index (χ3v) is 4.61. The molecular weight excluding hydrogens is 362 g/mol. The first-order valence-corrected chi connectivity index (χ1v) is 9.07. The Hall–Kier alpha value is -2.92. The Balaban J connectivity index is 1.55. The Kier molecular flexibility index (Phi) is 6.04. The molecule has 0 radical (unpaired) electrons. The maximum atomic E-state index is 12.6. The zero-order chi connectivity index (χ0) is 19.2. The van der Waals surface area contributed by atoms with Crippen LogP contribution in [0.5, 0.6) is 0 Å². The van der Waals surface area contributed by atoms with Crippen LogP contribution in [0.15, 0.2) is 66.6 Å². The van der Waals surface area contributed by atoms with Crippen LogP contribution in [0, 0.1) is 0 Å². The zero-order valence-electron chi connectivity index (χ0n) is 14.8. The van der Waals surface area contributed by atoms with Crippen molar-refractivity contribution in [2.45, 2.75) is 19.3 Å². The molecule has 1 N–H and O–H groups in total. The van der Waals surface area contributed by atoms with Crippen LogP contribution in [0.1, 0.15) is 24.8 Å². The lowest BCUT2D eigenvalue weighted by Gasteiger charge is -2.16. The second-order valence-electron chi connectivity index (χ2n) is 6.28. The molecule has 0 spiro atoms. The minimum atomic E-state index is -0.105. The van der Waals surface area contributed by atoms with Crippen LogP contribution < -0.4 is 5.32 Å². The SMILES string of the molecule is C=C1C/C(=C\c2ccccc2Cl)C(=O)N1CCCC(=O)Nc1cccnc1. The van der Waals surface area contributed by atoms with Gasteiger partial charge in [-0.25, -0.2) is 0 Å². The number of pyridine rings is 1. The number of hydrogen-bond acceptors (Lipinski definition) is 3. The summed E-state index contributed by atoms with van der Waals surface area (Å²) in [5, 5.41) is 3.39. The van der Waals surface area contributed by atoms with Crippen molar-refractivity contribution in [1.82, 2.24) is 9.88 Å². The maximum absolute atomic E-state index is 12.6. The number of carbonyl (C=O) groups excluding carboxylic acids is 2. The van der Waals surface area contributed by atoms with Crippen LogP contribution in [0.25, 0.3) is 6.08 Å². The highest BCUT2D eigenvalue weighted by Gasteiger charge is 2.29. The molecule has 0 bridgehead atoms. The van der Waals surface area contributed by atoms with Crippen molar-refractivity contribution < 1.29 is 9.59 Å². The number of aromatic nitrogens is 1. The number of likely N-dealkylation sites (tertiary alicyclic amines) is 1. The van der Waals surface area contributed by atoms with E-state index in [0.717, 1.165) is 11.3 Å². The van der Waals surface area contributed by atoms with Gasteiger partial charge in [-0.15, -0.1) is 0 Å². The molecule has 0 saturated carbocycles. The van der Waals surface area contributed by atoms with E-state index in [0.29, 0.717) is 42.1 Å². The second kappa shape index (κ2) is 8.64. The minimum absolute atomic E-state index is 0.0763. The number of benzene rings is 1. The third kappa shape index (κ3) is 4.83. The van der Waals surface area contributed by atoms with E-state index < -0.39 is 0 Å². The number of carbonyl (C=O) groups is 2. The second-order valence-corrected chi connectivity index (χ2v) is 6.69. The summed E-state index contributed by atoms with van der Waals surface area (Å²) in [4.78, 5) is 30.2. The maximum Gasteiger partial charge on any atom is 0.254 e. The van der Waals surface area contributed by atoms with Gasteiger partial charge in [-0.1, -0.05) is 36.4 Å². The molecule has 27 heavy (non-hydrogen) atoms. The smallest absolute Gasteiger partial charge is 0.254 e. The fourth-order valence-corrected chi connectivity index (χ4v) is 3.11. The van der Waals surface area contributed by atoms with Crippen LogP contribution >= 0.6 is 11.6 Å². The van der Waals surface area contributed by atoms with Gasteiger partial charge in [-0.05, 0) is 36.3 Å². The first kappa shape index (κ1) is 18.9. The first-order chi connectivity index (χ1) is 13.0. The average Bonchev–Trinajstić information content (AvgIpc) is 2.92. The molecule has 2 heterocycles. The summed E-state index contributed by atoms with van der Waals surface area (Å²) in [5.41, 5.74) is 2.88. The van der Waals surface area contributed by atoms with Crippen molar-refractivity contribution >= 4 is 35.2 Å². The lowest BCUT2D eigenvalue weighted by atomic mass is 10.1. The monoisotopic (exact) mass is 381 g/mol. The molecule has 1 aliphatic rings. The number of amides is 2. The minimum Gasteiger partial charge on any atom is -0.325 e. The molecule has 5 nitrogen and oxygen atoms in total. The molecule has 0 atom stereocenters. The van der Waals surface area contributed by atoms with Gasteiger partial charge in [-0.3, -0.25) is 14.6 Å². The summed E-state index contributed by atoms with van der Waals surface area (Å²) >= 11 is 6.17. The molecule has 6 heteroatoms. The lowest BCUT2D eigenvalue weighted by Crippen LogP contribution is -2.25. The largest absolute Gasteiger partial charge is 0.325 e. The van der Waals surface area contributed by atoms with E-state index in [4.69, 9.17) is 11.6 Å². The number of anilines is 1. The van der Waals surface area contributed by atoms with Gasteiger partial charge in [0.05, 0.1) is 11.9 Å². The van der Waals surface area contributed by atoms with Crippen LogP contribution in [0.3, 0.4) is 0 Å². The van der Waals surface area contributed by atoms with E-state index in [1.54, 1.807) is 35.5 Å². The summed E-state index contributed by atoms with van der Waals surface area (Å²) in [6.45, 7) is 4.44. The van der Waals surface area contributed by atoms with E-state index >= 15 is 0 Å². The highest BCUT2D eigenvalue weighted by molar-refractivity contribution is 6.32. The van der Waals surface area contributed by atoms with Crippen molar-refractivity contribution in [2.75, 3.05) is 11.9 Å². The van der Waals surface area contributed by atoms with Gasteiger partial charge >= 0.3 is 0 Å². The molecule has 0 aliphatic carbocycles. The van der Waals surface area contributed by atoms with Crippen LogP contribution in [0.4, 0.5) is 5.69 Å². The van der Waals surface area contributed by atoms with Gasteiger partial charge in [0, 0.05) is 41.9 Å². The fourth-order valence-electron chi connectivity index (χ4n) is 2.92. The van der Waals surface area contributed by atoms with Gasteiger partial charge in [-0.2, -0.15) is 0 Å². The third-order valence-electron chi connectivity index (χ3n) is 4.26. The Labute approximate surface area is 163 Å². The number of nitrogens with zero attached hydrogens (tertiary/aromatic N) is 2. The van der Waals surface area contributed by atoms with E-state index in [1.165, 1.54) is 0 Å². The predicted molar refractivity (Wildman–Crippen MR) is 107 cm³/mol. The van der Waals surface area contributed by atoms with E-state index in [2.05, 4.69) is 16.9 Å². The molecule has 1 aromatic heterocycles. The molecule has 1 saturated heterocycles. The molecule has 1 aliphatic heterocycles.